The second kappa shape index (κ2) is 33.5. The summed E-state index contributed by atoms with van der Waals surface area (Å²) in [4.78, 5) is 75.7. The molecule has 4 aromatic rings. The molecule has 0 unspecified atom stereocenters. The number of aliphatic hydroxyl groups is 2. The van der Waals surface area contributed by atoms with E-state index in [1.54, 1.807) is 12.1 Å². The van der Waals surface area contributed by atoms with Crippen molar-refractivity contribution in [2.24, 2.45) is 0 Å². The van der Waals surface area contributed by atoms with E-state index in [-0.39, 0.29) is 123 Å². The number of nitrogens with zero attached hydrogens (tertiary/aromatic N) is 2. The number of nitro groups is 2. The molecule has 0 saturated carbocycles. The molecule has 5 rings (SSSR count). The van der Waals surface area contributed by atoms with E-state index in [4.69, 9.17) is 24.6 Å². The average molecular weight is 1250 g/mol. The van der Waals surface area contributed by atoms with Gasteiger partial charge in [0, 0.05) is 67.3 Å². The molecule has 22 nitrogen and oxygen atoms in total. The van der Waals surface area contributed by atoms with E-state index in [9.17, 15) is 76.0 Å². The van der Waals surface area contributed by atoms with Gasteiger partial charge >= 0.3 is 81.2 Å². The molecular formula is C44H50BrCsF6N6O16. The minimum Gasteiger partial charge on any atom is -0.662 e. The zero-order valence-electron chi connectivity index (χ0n) is 39.1. The summed E-state index contributed by atoms with van der Waals surface area (Å²) in [6.45, 7) is 6.30. The van der Waals surface area contributed by atoms with Crippen molar-refractivity contribution in [3.8, 4) is 11.5 Å². The van der Waals surface area contributed by atoms with Gasteiger partial charge in [0.1, 0.15) is 34.8 Å². The number of carbonyl (C=O) groups excluding carboxylic acids is 5. The van der Waals surface area contributed by atoms with Gasteiger partial charge in [-0.1, -0.05) is 23.4 Å². The fraction of sp³-hybridized carbons (Fsp3) is 0.341. The fourth-order valence-corrected chi connectivity index (χ4v) is 5.23. The maximum absolute atomic E-state index is 13.1. The fourth-order valence-electron chi connectivity index (χ4n) is 4.98. The Morgan fingerprint density at radius 3 is 1.34 bits per heavy atom. The van der Waals surface area contributed by atoms with E-state index in [0.717, 1.165) is 39.2 Å². The largest absolute Gasteiger partial charge is 1.00 e. The van der Waals surface area contributed by atoms with Crippen molar-refractivity contribution in [1.29, 1.82) is 0 Å². The van der Waals surface area contributed by atoms with Crippen LogP contribution in [-0.4, -0.2) is 91.6 Å². The Morgan fingerprint density at radius 1 is 0.689 bits per heavy atom. The van der Waals surface area contributed by atoms with Crippen LogP contribution < -0.4 is 100 Å². The van der Waals surface area contributed by atoms with Gasteiger partial charge in [-0.2, -0.15) is 26.3 Å². The van der Waals surface area contributed by atoms with Crippen molar-refractivity contribution in [2.45, 2.75) is 71.5 Å². The number of nitro benzene ring substituents is 2. The van der Waals surface area contributed by atoms with Crippen molar-refractivity contribution in [3.05, 3.63) is 116 Å². The summed E-state index contributed by atoms with van der Waals surface area (Å²) in [7, 11) is 0. The Kier molecular flexibility index (Phi) is 32.0. The first-order chi connectivity index (χ1) is 33.4. The van der Waals surface area contributed by atoms with Crippen LogP contribution in [0.2, 0.25) is 0 Å². The number of halogens is 7. The van der Waals surface area contributed by atoms with E-state index < -0.39 is 74.3 Å². The van der Waals surface area contributed by atoms with Crippen LogP contribution in [0.4, 0.5) is 60.5 Å². The normalized spacial score (nSPS) is 12.8. The number of aromatic hydroxyl groups is 1. The second-order valence-electron chi connectivity index (χ2n) is 14.8. The summed E-state index contributed by atoms with van der Waals surface area (Å²) in [6.07, 6.45) is -7.40. The number of alkyl halides is 7. The van der Waals surface area contributed by atoms with Crippen molar-refractivity contribution in [2.75, 3.05) is 46.4 Å². The maximum atomic E-state index is 13.1. The molecule has 1 fully saturated rings. The molecule has 4 aromatic carbocycles. The van der Waals surface area contributed by atoms with Crippen molar-refractivity contribution < 1.29 is 164 Å². The van der Waals surface area contributed by atoms with Gasteiger partial charge in [0.2, 0.25) is 11.8 Å². The number of phenols is 1. The summed E-state index contributed by atoms with van der Waals surface area (Å²) < 4.78 is 87.7. The number of ether oxygens (including phenoxy) is 2. The van der Waals surface area contributed by atoms with Crippen LogP contribution in [0, 0.1) is 20.2 Å². The predicted octanol–water partition coefficient (Wildman–Crippen LogP) is 4.26. The molecular weight excluding hydrogens is 1200 g/mol. The molecule has 1 heterocycles. The Morgan fingerprint density at radius 2 is 1.04 bits per heavy atom. The Labute approximate surface area is 485 Å². The molecule has 74 heavy (non-hydrogen) atoms. The number of nitrogens with one attached hydrogen (secondary N) is 4. The number of hydrogen-bond donors (Lipinski definition) is 7. The molecule has 1 aliphatic heterocycles. The SMILES string of the molecule is C.C1CCOC1.CC(=O)Nc1ccc(O)cc1.CC(=O)Nc1ccc(OC[C@](C)(O)C(=O)Nc2ccc([N+](=O)[O-])c(C(F)(F)F)c2)cc1.C[C@](O)(CBr)C(=O)Nc1ccc([N+](=O)[O-])c(C(F)(F)F)c1.O=CO[O-].[Cs+]. The Balaban J connectivity index is 0. The molecule has 4 amide bonds. The van der Waals surface area contributed by atoms with Gasteiger partial charge in [0.15, 0.2) is 5.60 Å². The average Bonchev–Trinajstić information content (AvgIpc) is 3.90. The number of benzene rings is 4. The molecule has 0 aliphatic carbocycles. The second-order valence-corrected chi connectivity index (χ2v) is 15.4. The number of hydrogen-bond acceptors (Lipinski definition) is 16. The van der Waals surface area contributed by atoms with Crippen molar-refractivity contribution in [1.82, 2.24) is 0 Å². The minimum atomic E-state index is -5.02. The van der Waals surface area contributed by atoms with Crippen LogP contribution in [-0.2, 0) is 45.9 Å². The topological polar surface area (TPSA) is 331 Å². The quantitative estimate of drug-likeness (QED) is 0.0187. The zero-order chi connectivity index (χ0) is 55.0. The smallest absolute Gasteiger partial charge is 0.662 e. The molecule has 2 atom stereocenters. The van der Waals surface area contributed by atoms with Gasteiger partial charge in [-0.05, 0) is 99.5 Å². The molecule has 30 heteroatoms. The first-order valence-electron chi connectivity index (χ1n) is 20.1. The van der Waals surface area contributed by atoms with Crippen LogP contribution in [0.5, 0.6) is 11.5 Å². The van der Waals surface area contributed by atoms with E-state index in [1.165, 1.54) is 63.1 Å². The van der Waals surface area contributed by atoms with E-state index in [0.29, 0.717) is 35.6 Å². The summed E-state index contributed by atoms with van der Waals surface area (Å²) in [5.41, 5.74) is -8.78. The van der Waals surface area contributed by atoms with Gasteiger partial charge < -0.3 is 56.2 Å². The van der Waals surface area contributed by atoms with E-state index in [2.05, 4.69) is 42.1 Å². The molecule has 0 radical (unpaired) electrons. The third kappa shape index (κ3) is 26.7. The van der Waals surface area contributed by atoms with E-state index in [1.807, 2.05) is 0 Å². The van der Waals surface area contributed by atoms with Gasteiger partial charge in [-0.25, -0.2) is 0 Å². The van der Waals surface area contributed by atoms with Gasteiger partial charge in [-0.3, -0.25) is 44.2 Å². The maximum Gasteiger partial charge on any atom is 1.00 e. The van der Waals surface area contributed by atoms with Gasteiger partial charge in [0.25, 0.3) is 29.7 Å². The number of anilines is 4. The Hall–Kier alpha value is -5.42. The van der Waals surface area contributed by atoms with Crippen LogP contribution in [0.25, 0.3) is 0 Å². The minimum absolute atomic E-state index is 0. The van der Waals surface area contributed by atoms with Gasteiger partial charge in [-0.15, -0.1) is 0 Å². The summed E-state index contributed by atoms with van der Waals surface area (Å²) in [5, 5.41) is 67.8. The van der Waals surface area contributed by atoms with Crippen LogP contribution in [0.15, 0.2) is 84.9 Å². The molecule has 1 saturated heterocycles. The van der Waals surface area contributed by atoms with Crippen LogP contribution in [0.1, 0.15) is 59.1 Å². The first kappa shape index (κ1) is 70.7. The van der Waals surface area contributed by atoms with Gasteiger partial charge in [0.05, 0.1) is 9.85 Å². The third-order valence-corrected chi connectivity index (χ3v) is 9.59. The number of phenolic OH excluding ortho intramolecular Hbond substituents is 1. The number of amides is 4. The summed E-state index contributed by atoms with van der Waals surface area (Å²) in [6, 6.07) is 16.3. The Bertz CT molecular complexity index is 2460. The third-order valence-electron chi connectivity index (χ3n) is 8.50. The summed E-state index contributed by atoms with van der Waals surface area (Å²) >= 11 is 2.88. The number of rotatable bonds is 13. The molecule has 0 bridgehead atoms. The first-order valence-corrected chi connectivity index (χ1v) is 21.2. The number of carbonyl (C=O) groups is 5. The monoisotopic (exact) mass is 1240 g/mol. The molecule has 0 spiro atoms. The zero-order valence-corrected chi connectivity index (χ0v) is 47.0. The molecule has 402 valence electrons. The van der Waals surface area contributed by atoms with E-state index >= 15 is 0 Å². The predicted molar refractivity (Wildman–Crippen MR) is 251 cm³/mol. The van der Waals surface area contributed by atoms with Crippen LogP contribution >= 0.6 is 15.9 Å². The molecule has 7 N–H and O–H groups in total. The van der Waals surface area contributed by atoms with Crippen molar-refractivity contribution >= 4 is 80.2 Å². The standard InChI is InChI=1S/C19H18F3N3O6.C11H10BrF3N2O4.C8H9NO2.C4H8O.CH2O3.CH4.Cs/c1-11(26)23-12-3-6-14(7-4-12)31-10-18(2,28)17(27)24-13-5-8-16(25(29)30)15(9-13)19(20,21)22;1-10(19,5-12)9(18)16-6-2-3-8(17(20)21)7(4-6)11(13,14)15;1-6(10)9-7-2-4-8(11)5-3-7;1-2-4-5-3-1;2-1-4-3;;/h3-9,28H,10H2,1-2H3,(H,23,26)(H,24,27);2-4,19H,5H2,1H3,(H,16,18);2-5,11H,1H3,(H,9,10);1-4H2;1,3H;1H4;/q;;;;;;+1/p-1/t18-;10-;;;;;/m00...../s1. The van der Waals surface area contributed by atoms with Crippen molar-refractivity contribution in [3.63, 3.8) is 0 Å². The van der Waals surface area contributed by atoms with Crippen LogP contribution in [0.3, 0.4) is 0 Å². The summed E-state index contributed by atoms with van der Waals surface area (Å²) in [5.74, 6) is -1.95. The molecule has 1 aliphatic rings. The molecule has 0 aromatic heterocycles.